The van der Waals surface area contributed by atoms with Crippen molar-refractivity contribution >= 4 is 58.9 Å². The van der Waals surface area contributed by atoms with Gasteiger partial charge < -0.3 is 35.3 Å². The minimum Gasteiger partial charge on any atom is -0.495 e. The summed E-state index contributed by atoms with van der Waals surface area (Å²) < 4.78 is 5.21. The lowest BCUT2D eigenvalue weighted by Gasteiger charge is -2.36. The molecule has 3 aromatic rings. The van der Waals surface area contributed by atoms with Crippen molar-refractivity contribution in [2.45, 2.75) is 55.8 Å². The number of amides is 2. The Bertz CT molecular complexity index is 1650. The monoisotopic (exact) mass is 722 g/mol. The molecule has 0 radical (unpaired) electrons. The van der Waals surface area contributed by atoms with Crippen LogP contribution in [0.2, 0.25) is 5.02 Å². The summed E-state index contributed by atoms with van der Waals surface area (Å²) in [6.45, 7) is 8.43. The van der Waals surface area contributed by atoms with Crippen LogP contribution in [0.1, 0.15) is 48.2 Å². The number of halogens is 1. The fraction of sp³-hybridized carbons (Fsp3) is 0.472. The molecule has 0 saturated carbocycles. The predicted molar refractivity (Wildman–Crippen MR) is 200 cm³/mol. The fourth-order valence-corrected chi connectivity index (χ4v) is 7.74. The van der Waals surface area contributed by atoms with E-state index in [0.29, 0.717) is 53.4 Å². The molecule has 3 heterocycles. The topological polar surface area (TPSA) is 132 Å². The second-order valence-corrected chi connectivity index (χ2v) is 15.1. The number of thioether (sulfide) groups is 1. The second-order valence-electron chi connectivity index (χ2n) is 13.1. The standard InChI is InChI=1S/C36H47ClN8O4S/c1-36(2,31(38-3)34(48)45-14-6-7-27(45)22-46)50-23-25-10-8-24(9-11-25)21-43-15-17-44(18-16-43)33(47)26-12-13-29(30(19-26)49-5)41-35-40-20-28(37)32(39-4)42-35/h8-13,19-20,22,27,31,38H,6-7,14-18,21,23H2,1-5H3,(H2,39,40,41,42). The molecule has 14 heteroatoms. The van der Waals surface area contributed by atoms with Crippen molar-refractivity contribution < 1.29 is 19.1 Å². The van der Waals surface area contributed by atoms with Crippen LogP contribution in [-0.4, -0.2) is 114 Å². The van der Waals surface area contributed by atoms with Crippen molar-refractivity contribution in [3.05, 3.63) is 70.4 Å². The minimum absolute atomic E-state index is 0.00371. The molecule has 50 heavy (non-hydrogen) atoms. The van der Waals surface area contributed by atoms with Crippen LogP contribution in [0.25, 0.3) is 0 Å². The lowest BCUT2D eigenvalue weighted by atomic mass is 10.0. The van der Waals surface area contributed by atoms with Crippen LogP contribution in [0.15, 0.2) is 48.7 Å². The minimum atomic E-state index is -0.390. The summed E-state index contributed by atoms with van der Waals surface area (Å²) in [6.07, 6.45) is 4.01. The average Bonchev–Trinajstić information content (AvgIpc) is 3.62. The van der Waals surface area contributed by atoms with Crippen LogP contribution < -0.4 is 20.7 Å². The number of rotatable bonds is 14. The molecule has 0 bridgehead atoms. The van der Waals surface area contributed by atoms with Crippen molar-refractivity contribution in [1.29, 1.82) is 0 Å². The summed E-state index contributed by atoms with van der Waals surface area (Å²) in [7, 11) is 5.10. The van der Waals surface area contributed by atoms with Gasteiger partial charge in [0.1, 0.15) is 28.9 Å². The molecule has 0 aliphatic carbocycles. The number of likely N-dealkylation sites (N-methyl/N-ethyl adjacent to an activating group) is 1. The molecule has 12 nitrogen and oxygen atoms in total. The summed E-state index contributed by atoms with van der Waals surface area (Å²) in [4.78, 5) is 52.8. The normalized spacial score (nSPS) is 17.4. The quantitative estimate of drug-likeness (QED) is 0.201. The number of methoxy groups -OCH3 is 1. The van der Waals surface area contributed by atoms with Gasteiger partial charge in [-0.1, -0.05) is 35.9 Å². The summed E-state index contributed by atoms with van der Waals surface area (Å²) in [5, 5.41) is 9.70. The molecule has 2 amide bonds. The Hall–Kier alpha value is -3.91. The Kier molecular flexibility index (Phi) is 12.6. The molecule has 3 N–H and O–H groups in total. The van der Waals surface area contributed by atoms with Crippen molar-refractivity contribution in [2.75, 3.05) is 64.6 Å². The summed E-state index contributed by atoms with van der Waals surface area (Å²) in [5.74, 6) is 2.09. The molecule has 2 aromatic carbocycles. The van der Waals surface area contributed by atoms with Crippen molar-refractivity contribution in [1.82, 2.24) is 30.0 Å². The number of anilines is 3. The summed E-state index contributed by atoms with van der Waals surface area (Å²) in [6, 6.07) is 13.2. The fourth-order valence-electron chi connectivity index (χ4n) is 6.44. The van der Waals surface area contributed by atoms with Gasteiger partial charge in [-0.15, -0.1) is 11.8 Å². The second kappa shape index (κ2) is 16.9. The Morgan fingerprint density at radius 3 is 2.46 bits per heavy atom. The van der Waals surface area contributed by atoms with Crippen LogP contribution in [0.3, 0.4) is 0 Å². The van der Waals surface area contributed by atoms with Crippen LogP contribution in [-0.2, 0) is 21.9 Å². The first-order valence-corrected chi connectivity index (χ1v) is 18.2. The number of ether oxygens (including phenoxy) is 1. The molecule has 2 fully saturated rings. The SMILES string of the molecule is CNc1nc(Nc2ccc(C(=O)N3CCN(Cc4ccc(CSC(C)(C)C(NC)C(=O)N5CCCC5C=O)cc4)CC3)cc2OC)ncc1Cl. The van der Waals surface area contributed by atoms with E-state index in [1.54, 1.807) is 49.0 Å². The first kappa shape index (κ1) is 37.3. The molecule has 5 rings (SSSR count). The number of benzene rings is 2. The molecule has 2 atom stereocenters. The largest absolute Gasteiger partial charge is 0.495 e. The van der Waals surface area contributed by atoms with E-state index in [1.807, 2.05) is 11.9 Å². The number of aromatic nitrogens is 2. The molecule has 268 valence electrons. The zero-order valence-corrected chi connectivity index (χ0v) is 30.9. The molecular formula is C36H47ClN8O4S. The number of nitrogens with one attached hydrogen (secondary N) is 3. The summed E-state index contributed by atoms with van der Waals surface area (Å²) >= 11 is 7.84. The third kappa shape index (κ3) is 8.87. The molecular weight excluding hydrogens is 676 g/mol. The van der Waals surface area contributed by atoms with Gasteiger partial charge in [0, 0.05) is 62.4 Å². The zero-order chi connectivity index (χ0) is 35.8. The van der Waals surface area contributed by atoms with Gasteiger partial charge in [0.15, 0.2) is 0 Å². The van der Waals surface area contributed by atoms with Gasteiger partial charge in [0.05, 0.1) is 25.0 Å². The number of likely N-dealkylation sites (tertiary alicyclic amines) is 1. The van der Waals surface area contributed by atoms with Gasteiger partial charge in [-0.3, -0.25) is 14.5 Å². The molecule has 1 aromatic heterocycles. The van der Waals surface area contributed by atoms with E-state index in [9.17, 15) is 14.4 Å². The van der Waals surface area contributed by atoms with Gasteiger partial charge in [0.25, 0.3) is 5.91 Å². The first-order chi connectivity index (χ1) is 24.1. The number of carbonyl (C=O) groups excluding carboxylic acids is 3. The Labute approximate surface area is 303 Å². The maximum Gasteiger partial charge on any atom is 0.254 e. The molecule has 2 aliphatic rings. The van der Waals surface area contributed by atoms with E-state index in [2.05, 4.69) is 68.9 Å². The summed E-state index contributed by atoms with van der Waals surface area (Å²) in [5.41, 5.74) is 3.60. The van der Waals surface area contributed by atoms with E-state index in [1.165, 1.54) is 17.3 Å². The number of hydrogen-bond acceptors (Lipinski definition) is 11. The number of aldehydes is 1. The third-order valence-corrected chi connectivity index (χ3v) is 11.1. The van der Waals surface area contributed by atoms with Crippen LogP contribution >= 0.6 is 23.4 Å². The van der Waals surface area contributed by atoms with Gasteiger partial charge in [-0.05, 0) is 63.1 Å². The van der Waals surface area contributed by atoms with Gasteiger partial charge in [-0.25, -0.2) is 4.98 Å². The lowest BCUT2D eigenvalue weighted by Crippen LogP contribution is -2.56. The number of carbonyl (C=O) groups is 3. The Morgan fingerprint density at radius 1 is 1.08 bits per heavy atom. The molecule has 2 aliphatic heterocycles. The molecule has 2 saturated heterocycles. The maximum atomic E-state index is 13.4. The zero-order valence-electron chi connectivity index (χ0n) is 29.4. The van der Waals surface area contributed by atoms with E-state index in [0.717, 1.165) is 44.5 Å². The average molecular weight is 723 g/mol. The van der Waals surface area contributed by atoms with Crippen molar-refractivity contribution in [2.24, 2.45) is 0 Å². The van der Waals surface area contributed by atoms with Gasteiger partial charge in [0.2, 0.25) is 11.9 Å². The van der Waals surface area contributed by atoms with Crippen molar-refractivity contribution in [3.63, 3.8) is 0 Å². The van der Waals surface area contributed by atoms with Crippen LogP contribution in [0.4, 0.5) is 17.5 Å². The Morgan fingerprint density at radius 2 is 1.80 bits per heavy atom. The maximum absolute atomic E-state index is 13.4. The van der Waals surface area contributed by atoms with E-state index < -0.39 is 6.04 Å². The highest BCUT2D eigenvalue weighted by Crippen LogP contribution is 2.34. The van der Waals surface area contributed by atoms with Gasteiger partial charge >= 0.3 is 0 Å². The highest BCUT2D eigenvalue weighted by atomic mass is 35.5. The lowest BCUT2D eigenvalue weighted by molar-refractivity contribution is -0.137. The third-order valence-electron chi connectivity index (χ3n) is 9.35. The van der Waals surface area contributed by atoms with Gasteiger partial charge in [-0.2, -0.15) is 4.98 Å². The number of piperazine rings is 1. The first-order valence-electron chi connectivity index (χ1n) is 16.9. The predicted octanol–water partition coefficient (Wildman–Crippen LogP) is 4.67. The Balaban J connectivity index is 1.10. The van der Waals surface area contributed by atoms with E-state index in [4.69, 9.17) is 16.3 Å². The van der Waals surface area contributed by atoms with E-state index >= 15 is 0 Å². The molecule has 2 unspecified atom stereocenters. The number of hydrogen-bond donors (Lipinski definition) is 3. The highest BCUT2D eigenvalue weighted by Gasteiger charge is 2.40. The van der Waals surface area contributed by atoms with Crippen LogP contribution in [0, 0.1) is 0 Å². The smallest absolute Gasteiger partial charge is 0.254 e. The van der Waals surface area contributed by atoms with Crippen molar-refractivity contribution in [3.8, 4) is 5.75 Å². The number of nitrogens with zero attached hydrogens (tertiary/aromatic N) is 5. The van der Waals surface area contributed by atoms with E-state index in [-0.39, 0.29) is 22.6 Å². The van der Waals surface area contributed by atoms with Crippen LogP contribution in [0.5, 0.6) is 5.75 Å². The molecule has 0 spiro atoms. The highest BCUT2D eigenvalue weighted by molar-refractivity contribution is 7.99.